The molecule has 2 aromatic rings. The van der Waals surface area contributed by atoms with Gasteiger partial charge in [0.05, 0.1) is 18.3 Å². The number of aromatic nitrogens is 2. The lowest BCUT2D eigenvalue weighted by atomic mass is 9.90. The average Bonchev–Trinajstić information content (AvgIpc) is 3.41. The maximum Gasteiger partial charge on any atom is 0.225 e. The van der Waals surface area contributed by atoms with Crippen LogP contribution >= 0.6 is 24.0 Å². The minimum Gasteiger partial charge on any atom is -0.357 e. The van der Waals surface area contributed by atoms with Gasteiger partial charge in [-0.3, -0.25) is 9.48 Å². The molecule has 8 heteroatoms. The Balaban J connectivity index is 0.00000256. The Morgan fingerprint density at radius 2 is 2.03 bits per heavy atom. The fourth-order valence-electron chi connectivity index (χ4n) is 4.24. The first kappa shape index (κ1) is 22.6. The van der Waals surface area contributed by atoms with Gasteiger partial charge in [0.2, 0.25) is 5.91 Å². The number of benzene rings is 1. The molecule has 7 nitrogen and oxygen atoms in total. The van der Waals surface area contributed by atoms with Gasteiger partial charge in [0, 0.05) is 37.3 Å². The van der Waals surface area contributed by atoms with Gasteiger partial charge in [0.1, 0.15) is 0 Å². The van der Waals surface area contributed by atoms with Gasteiger partial charge in [0.15, 0.2) is 5.96 Å². The van der Waals surface area contributed by atoms with Crippen LogP contribution in [0.1, 0.15) is 62.2 Å². The molecule has 1 unspecified atom stereocenters. The second-order valence-corrected chi connectivity index (χ2v) is 7.84. The largest absolute Gasteiger partial charge is 0.357 e. The fourth-order valence-corrected chi connectivity index (χ4v) is 4.24. The number of para-hydroxylation sites is 1. The van der Waals surface area contributed by atoms with Gasteiger partial charge in [-0.15, -0.1) is 24.0 Å². The van der Waals surface area contributed by atoms with E-state index in [0.29, 0.717) is 25.6 Å². The van der Waals surface area contributed by atoms with Gasteiger partial charge >= 0.3 is 0 Å². The highest BCUT2D eigenvalue weighted by atomic mass is 127. The molecule has 1 atom stereocenters. The van der Waals surface area contributed by atoms with E-state index < -0.39 is 0 Å². The van der Waals surface area contributed by atoms with Crippen molar-refractivity contribution in [3.8, 4) is 0 Å². The molecule has 0 saturated heterocycles. The van der Waals surface area contributed by atoms with E-state index in [9.17, 15) is 4.79 Å². The van der Waals surface area contributed by atoms with E-state index in [-0.39, 0.29) is 35.8 Å². The first-order chi connectivity index (χ1) is 14.2. The highest BCUT2D eigenvalue weighted by Gasteiger charge is 2.24. The topological polar surface area (TPSA) is 83.3 Å². The molecule has 4 rings (SSSR count). The number of nitrogens with zero attached hydrogens (tertiary/aromatic N) is 3. The van der Waals surface area contributed by atoms with Crippen LogP contribution in [0.5, 0.6) is 0 Å². The molecule has 162 valence electrons. The number of rotatable bonds is 6. The molecule has 1 aromatic heterocycles. The zero-order chi connectivity index (χ0) is 20.1. The Hall–Kier alpha value is -2.10. The highest BCUT2D eigenvalue weighted by molar-refractivity contribution is 14.0. The molecule has 1 amide bonds. The molecule has 0 bridgehead atoms. The van der Waals surface area contributed by atoms with Crippen molar-refractivity contribution in [3.05, 3.63) is 47.8 Å². The van der Waals surface area contributed by atoms with Crippen molar-refractivity contribution in [2.24, 2.45) is 4.99 Å². The Labute approximate surface area is 195 Å². The van der Waals surface area contributed by atoms with Gasteiger partial charge < -0.3 is 16.0 Å². The van der Waals surface area contributed by atoms with Crippen LogP contribution in [0.3, 0.4) is 0 Å². The van der Waals surface area contributed by atoms with Crippen LogP contribution in [0.4, 0.5) is 5.69 Å². The highest BCUT2D eigenvalue weighted by Crippen LogP contribution is 2.31. The Morgan fingerprint density at radius 1 is 1.23 bits per heavy atom. The molecule has 1 aliphatic carbocycles. The summed E-state index contributed by atoms with van der Waals surface area (Å²) in [5.74, 6) is 0.951. The van der Waals surface area contributed by atoms with Crippen molar-refractivity contribution < 1.29 is 4.79 Å². The first-order valence-electron chi connectivity index (χ1n) is 10.7. The normalized spacial score (nSPS) is 19.0. The maximum atomic E-state index is 12.0. The van der Waals surface area contributed by atoms with Crippen LogP contribution < -0.4 is 16.0 Å². The number of carbonyl (C=O) groups excluding carboxylic acids is 1. The van der Waals surface area contributed by atoms with E-state index in [1.165, 1.54) is 31.2 Å². The summed E-state index contributed by atoms with van der Waals surface area (Å²) in [5, 5.41) is 14.4. The van der Waals surface area contributed by atoms with E-state index in [0.717, 1.165) is 23.9 Å². The van der Waals surface area contributed by atoms with Gasteiger partial charge in [-0.2, -0.15) is 5.10 Å². The summed E-state index contributed by atoms with van der Waals surface area (Å²) < 4.78 is 2.11. The molecular weight excluding hydrogens is 491 g/mol. The monoisotopic (exact) mass is 522 g/mol. The van der Waals surface area contributed by atoms with Gasteiger partial charge in [-0.05, 0) is 37.5 Å². The second-order valence-electron chi connectivity index (χ2n) is 7.84. The lowest BCUT2D eigenvalue weighted by molar-refractivity contribution is -0.116. The summed E-state index contributed by atoms with van der Waals surface area (Å²) in [5.41, 5.74) is 3.07. The van der Waals surface area contributed by atoms with Crippen molar-refractivity contribution >= 4 is 41.5 Å². The van der Waals surface area contributed by atoms with Crippen LogP contribution in [0.2, 0.25) is 0 Å². The summed E-state index contributed by atoms with van der Waals surface area (Å²) in [6.45, 7) is 4.03. The minimum atomic E-state index is 0. The summed E-state index contributed by atoms with van der Waals surface area (Å²) in [6, 6.07) is 10.6. The summed E-state index contributed by atoms with van der Waals surface area (Å²) in [4.78, 5) is 16.7. The first-order valence-corrected chi connectivity index (χ1v) is 10.7. The predicted molar refractivity (Wildman–Crippen MR) is 130 cm³/mol. The molecule has 0 spiro atoms. The third-order valence-electron chi connectivity index (χ3n) is 5.73. The molecular formula is C22H31IN6O. The van der Waals surface area contributed by atoms with Crippen LogP contribution in [0.25, 0.3) is 0 Å². The minimum absolute atomic E-state index is 0. The smallest absolute Gasteiger partial charge is 0.225 e. The number of carbonyl (C=O) groups is 1. The zero-order valence-electron chi connectivity index (χ0n) is 17.4. The number of amides is 1. The van der Waals surface area contributed by atoms with Crippen LogP contribution in [0.15, 0.2) is 41.5 Å². The van der Waals surface area contributed by atoms with Gasteiger partial charge in [0.25, 0.3) is 0 Å². The van der Waals surface area contributed by atoms with E-state index in [4.69, 9.17) is 10.1 Å². The zero-order valence-corrected chi connectivity index (χ0v) is 19.8. The van der Waals surface area contributed by atoms with E-state index in [1.807, 2.05) is 18.2 Å². The molecule has 2 heterocycles. The number of halogens is 1. The quantitative estimate of drug-likeness (QED) is 0.306. The van der Waals surface area contributed by atoms with Crippen LogP contribution in [-0.4, -0.2) is 34.7 Å². The third kappa shape index (κ3) is 5.53. The molecule has 1 aromatic carbocycles. The molecule has 1 saturated carbocycles. The molecule has 30 heavy (non-hydrogen) atoms. The van der Waals surface area contributed by atoms with Crippen molar-refractivity contribution in [2.45, 2.75) is 57.5 Å². The third-order valence-corrected chi connectivity index (χ3v) is 5.73. The number of nitrogens with one attached hydrogen (secondary N) is 3. The van der Waals surface area contributed by atoms with E-state index in [1.54, 1.807) is 0 Å². The molecule has 3 N–H and O–H groups in total. The van der Waals surface area contributed by atoms with Crippen molar-refractivity contribution in [1.29, 1.82) is 0 Å². The lowest BCUT2D eigenvalue weighted by Gasteiger charge is -2.26. The van der Waals surface area contributed by atoms with E-state index >= 15 is 0 Å². The number of anilines is 1. The Kier molecular flexibility index (Phi) is 8.12. The SMILES string of the molecule is CCNC(=NCc1ccn(C2CCCC2)n1)NCC1CC(=O)Nc2ccccc21.I. The van der Waals surface area contributed by atoms with Gasteiger partial charge in [-0.1, -0.05) is 31.0 Å². The predicted octanol–water partition coefficient (Wildman–Crippen LogP) is 3.80. The molecule has 2 aliphatic rings. The lowest BCUT2D eigenvalue weighted by Crippen LogP contribution is -2.40. The molecule has 1 aliphatic heterocycles. The second kappa shape index (κ2) is 10.8. The van der Waals surface area contributed by atoms with Crippen molar-refractivity contribution in [2.75, 3.05) is 18.4 Å². The number of hydrogen-bond acceptors (Lipinski definition) is 3. The summed E-state index contributed by atoms with van der Waals surface area (Å²) in [7, 11) is 0. The maximum absolute atomic E-state index is 12.0. The van der Waals surface area contributed by atoms with Crippen LogP contribution in [-0.2, 0) is 11.3 Å². The van der Waals surface area contributed by atoms with Crippen molar-refractivity contribution in [3.63, 3.8) is 0 Å². The average molecular weight is 522 g/mol. The fraction of sp³-hybridized carbons (Fsp3) is 0.500. The standard InChI is InChI=1S/C22H30N6O.HI/c1-2-23-22(25-15-17-11-12-28(27-17)18-7-3-4-8-18)24-14-16-13-21(29)26-20-10-6-5-9-19(16)20;/h5-6,9-12,16,18H,2-4,7-8,13-15H2,1H3,(H,26,29)(H2,23,24,25);1H. The summed E-state index contributed by atoms with van der Waals surface area (Å²) >= 11 is 0. The number of guanidine groups is 1. The summed E-state index contributed by atoms with van der Waals surface area (Å²) in [6.07, 6.45) is 7.62. The number of aliphatic imine (C=N–C) groups is 1. The number of hydrogen-bond donors (Lipinski definition) is 3. The van der Waals surface area contributed by atoms with Crippen LogP contribution in [0, 0.1) is 0 Å². The van der Waals surface area contributed by atoms with E-state index in [2.05, 4.69) is 45.9 Å². The Bertz CT molecular complexity index is 874. The Morgan fingerprint density at radius 3 is 2.83 bits per heavy atom. The molecule has 1 fully saturated rings. The van der Waals surface area contributed by atoms with Crippen molar-refractivity contribution in [1.82, 2.24) is 20.4 Å². The number of fused-ring (bicyclic) bond motifs is 1. The molecule has 0 radical (unpaired) electrons. The van der Waals surface area contributed by atoms with Gasteiger partial charge in [-0.25, -0.2) is 4.99 Å².